The van der Waals surface area contributed by atoms with Gasteiger partial charge in [-0.2, -0.15) is 5.26 Å². The summed E-state index contributed by atoms with van der Waals surface area (Å²) in [6.07, 6.45) is 11.8. The summed E-state index contributed by atoms with van der Waals surface area (Å²) in [6, 6.07) is 10.5. The number of nitrogens with zero attached hydrogens (tertiary/aromatic N) is 3. The van der Waals surface area contributed by atoms with E-state index < -0.39 is 0 Å². The smallest absolute Gasteiger partial charge is 0.143 e. The van der Waals surface area contributed by atoms with Gasteiger partial charge in [-0.15, -0.1) is 0 Å². The molecule has 0 unspecified atom stereocenters. The van der Waals surface area contributed by atoms with Crippen LogP contribution in [-0.2, 0) is 16.7 Å². The maximum Gasteiger partial charge on any atom is 0.143 e. The van der Waals surface area contributed by atoms with E-state index in [1.807, 2.05) is 19.2 Å². The third-order valence-corrected chi connectivity index (χ3v) is 6.72. The molecule has 5 heteroatoms. The van der Waals surface area contributed by atoms with Crippen molar-refractivity contribution in [2.24, 2.45) is 0 Å². The topological polar surface area (TPSA) is 70.8 Å². The molecule has 1 saturated heterocycles. The first-order chi connectivity index (χ1) is 14.1. The second-order valence-electron chi connectivity index (χ2n) is 8.71. The highest BCUT2D eigenvalue weighted by Crippen LogP contribution is 2.49. The van der Waals surface area contributed by atoms with Gasteiger partial charge >= 0.3 is 0 Å². The fraction of sp³-hybridized carbons (Fsp3) is 0.542. The minimum absolute atomic E-state index is 0.0595. The first kappa shape index (κ1) is 20.0. The number of hydrogen-bond acceptors (Lipinski definition) is 5. The van der Waals surface area contributed by atoms with Gasteiger partial charge in [-0.1, -0.05) is 25.0 Å². The first-order valence-electron chi connectivity index (χ1n) is 10.8. The average Bonchev–Trinajstić information content (AvgIpc) is 3.19. The molecular formula is C24H30N4O. The van der Waals surface area contributed by atoms with Crippen LogP contribution in [0.1, 0.15) is 67.5 Å². The Hall–Kier alpha value is -2.29. The Labute approximate surface area is 173 Å². The van der Waals surface area contributed by atoms with Crippen LogP contribution in [0.4, 0.5) is 0 Å². The van der Waals surface area contributed by atoms with Crippen molar-refractivity contribution in [1.82, 2.24) is 15.3 Å². The van der Waals surface area contributed by atoms with Crippen LogP contribution in [0.2, 0.25) is 0 Å². The fourth-order valence-corrected chi connectivity index (χ4v) is 5.20. The highest BCUT2D eigenvalue weighted by Gasteiger charge is 2.48. The zero-order valence-electron chi connectivity index (χ0n) is 17.3. The molecule has 0 amide bonds. The predicted molar refractivity (Wildman–Crippen MR) is 112 cm³/mol. The van der Waals surface area contributed by atoms with E-state index in [2.05, 4.69) is 34.6 Å². The quantitative estimate of drug-likeness (QED) is 0.749. The number of ether oxygens (including phenoxy) is 1. The van der Waals surface area contributed by atoms with E-state index in [9.17, 15) is 0 Å². The number of hydrogen-bond donors (Lipinski definition) is 1. The van der Waals surface area contributed by atoms with Gasteiger partial charge in [-0.3, -0.25) is 4.98 Å². The van der Waals surface area contributed by atoms with Gasteiger partial charge in [-0.25, -0.2) is 4.98 Å². The van der Waals surface area contributed by atoms with Crippen LogP contribution in [0.5, 0.6) is 0 Å². The van der Waals surface area contributed by atoms with Gasteiger partial charge in [0.1, 0.15) is 11.8 Å². The molecule has 0 radical (unpaired) electrons. The predicted octanol–water partition coefficient (Wildman–Crippen LogP) is 4.20. The van der Waals surface area contributed by atoms with Crippen LogP contribution < -0.4 is 5.32 Å². The molecule has 1 N–H and O–H groups in total. The molecule has 1 aliphatic heterocycles. The SMILES string of the molecule is Cc1cc(CNCC[C@@]2(c3ccccn3)CCOC3(CCCC3)C2)cnc1C#N. The van der Waals surface area contributed by atoms with Crippen LogP contribution in [0.3, 0.4) is 0 Å². The Morgan fingerprint density at radius 2 is 2.07 bits per heavy atom. The standard InChI is InChI=1S/C24H30N4O/c1-19-14-20(17-28-21(19)15-25)16-26-12-9-23(22-6-2-5-11-27-22)10-13-29-24(18-23)7-3-4-8-24/h2,5-6,11,14,17,26H,3-4,7-10,12-13,16,18H2,1H3/t23-/m1/s1. The van der Waals surface area contributed by atoms with Crippen molar-refractivity contribution in [3.05, 3.63) is 59.2 Å². The van der Waals surface area contributed by atoms with Crippen molar-refractivity contribution < 1.29 is 4.74 Å². The minimum atomic E-state index is 0.0595. The van der Waals surface area contributed by atoms with E-state index >= 15 is 0 Å². The number of aryl methyl sites for hydroxylation is 1. The summed E-state index contributed by atoms with van der Waals surface area (Å²) >= 11 is 0. The van der Waals surface area contributed by atoms with Crippen molar-refractivity contribution in [2.75, 3.05) is 13.2 Å². The summed E-state index contributed by atoms with van der Waals surface area (Å²) < 4.78 is 6.33. The maximum absolute atomic E-state index is 9.05. The molecule has 2 aromatic heterocycles. The molecule has 1 atom stereocenters. The lowest BCUT2D eigenvalue weighted by Crippen LogP contribution is -2.47. The van der Waals surface area contributed by atoms with Crippen molar-refractivity contribution >= 4 is 0 Å². The molecular weight excluding hydrogens is 360 g/mol. The van der Waals surface area contributed by atoms with E-state index in [1.54, 1.807) is 6.20 Å². The molecule has 1 aliphatic carbocycles. The van der Waals surface area contributed by atoms with Gasteiger partial charge < -0.3 is 10.1 Å². The number of nitrogens with one attached hydrogen (secondary N) is 1. The normalized spacial score (nSPS) is 23.2. The van der Waals surface area contributed by atoms with Crippen LogP contribution >= 0.6 is 0 Å². The van der Waals surface area contributed by atoms with E-state index in [1.165, 1.54) is 31.4 Å². The van der Waals surface area contributed by atoms with Crippen molar-refractivity contribution in [1.29, 1.82) is 5.26 Å². The second kappa shape index (κ2) is 8.61. The van der Waals surface area contributed by atoms with Crippen LogP contribution in [0, 0.1) is 18.3 Å². The maximum atomic E-state index is 9.05. The third-order valence-electron chi connectivity index (χ3n) is 6.72. The lowest BCUT2D eigenvalue weighted by atomic mass is 9.68. The molecule has 0 aromatic carbocycles. The van der Waals surface area contributed by atoms with E-state index in [0.29, 0.717) is 5.69 Å². The van der Waals surface area contributed by atoms with Crippen LogP contribution in [0.25, 0.3) is 0 Å². The van der Waals surface area contributed by atoms with Gasteiger partial charge in [0.25, 0.3) is 0 Å². The van der Waals surface area contributed by atoms with Gasteiger partial charge in [0.15, 0.2) is 0 Å². The molecule has 3 heterocycles. The average molecular weight is 391 g/mol. The zero-order valence-corrected chi connectivity index (χ0v) is 17.3. The molecule has 1 saturated carbocycles. The number of aromatic nitrogens is 2. The molecule has 2 aromatic rings. The summed E-state index contributed by atoms with van der Waals surface area (Å²) in [7, 11) is 0. The summed E-state index contributed by atoms with van der Waals surface area (Å²) in [5.74, 6) is 0. The third kappa shape index (κ3) is 4.34. The minimum Gasteiger partial charge on any atom is -0.375 e. The Kier molecular flexibility index (Phi) is 5.94. The summed E-state index contributed by atoms with van der Waals surface area (Å²) in [6.45, 7) is 4.45. The Bertz CT molecular complexity index is 870. The number of pyridine rings is 2. The fourth-order valence-electron chi connectivity index (χ4n) is 5.20. The zero-order chi connectivity index (χ0) is 20.2. The molecule has 29 heavy (non-hydrogen) atoms. The Morgan fingerprint density at radius 1 is 1.21 bits per heavy atom. The van der Waals surface area contributed by atoms with Crippen molar-refractivity contribution in [2.45, 2.75) is 69.4 Å². The largest absolute Gasteiger partial charge is 0.375 e. The summed E-state index contributed by atoms with van der Waals surface area (Å²) in [5, 5.41) is 12.6. The molecule has 2 aliphatic rings. The van der Waals surface area contributed by atoms with Crippen molar-refractivity contribution in [3.8, 4) is 6.07 Å². The second-order valence-corrected chi connectivity index (χ2v) is 8.71. The molecule has 152 valence electrons. The Balaban J connectivity index is 1.44. The van der Waals surface area contributed by atoms with Gasteiger partial charge in [0.2, 0.25) is 0 Å². The van der Waals surface area contributed by atoms with Gasteiger partial charge in [-0.05, 0) is 68.8 Å². The van der Waals surface area contributed by atoms with Crippen LogP contribution in [-0.4, -0.2) is 28.7 Å². The monoisotopic (exact) mass is 390 g/mol. The molecule has 0 bridgehead atoms. The lowest BCUT2D eigenvalue weighted by Gasteiger charge is -2.46. The molecule has 1 spiro atoms. The summed E-state index contributed by atoms with van der Waals surface area (Å²) in [4.78, 5) is 9.02. The highest BCUT2D eigenvalue weighted by atomic mass is 16.5. The number of nitriles is 1. The van der Waals surface area contributed by atoms with E-state index in [0.717, 1.165) is 50.1 Å². The Morgan fingerprint density at radius 3 is 2.79 bits per heavy atom. The van der Waals surface area contributed by atoms with Crippen LogP contribution in [0.15, 0.2) is 36.7 Å². The van der Waals surface area contributed by atoms with E-state index in [4.69, 9.17) is 15.0 Å². The molecule has 2 fully saturated rings. The highest BCUT2D eigenvalue weighted by molar-refractivity contribution is 5.32. The van der Waals surface area contributed by atoms with Gasteiger partial charge in [0.05, 0.1) is 5.60 Å². The van der Waals surface area contributed by atoms with Crippen molar-refractivity contribution in [3.63, 3.8) is 0 Å². The first-order valence-corrected chi connectivity index (χ1v) is 10.8. The molecule has 4 rings (SSSR count). The van der Waals surface area contributed by atoms with E-state index in [-0.39, 0.29) is 11.0 Å². The van der Waals surface area contributed by atoms with Gasteiger partial charge in [0, 0.05) is 36.7 Å². The number of rotatable bonds is 6. The molecule has 5 nitrogen and oxygen atoms in total. The summed E-state index contributed by atoms with van der Waals surface area (Å²) in [5.41, 5.74) is 3.91. The lowest BCUT2D eigenvalue weighted by molar-refractivity contribution is -0.104.